The molecular formula is C20H23N5O2S. The van der Waals surface area contributed by atoms with Crippen LogP contribution in [0.25, 0.3) is 11.4 Å². The number of carbonyl (C=O) groups excluding carboxylic acids is 1. The third-order valence-electron chi connectivity index (χ3n) is 4.61. The number of amides is 1. The molecule has 0 saturated heterocycles. The largest absolute Gasteiger partial charge is 0.325 e. The van der Waals surface area contributed by atoms with Crippen molar-refractivity contribution in [1.82, 2.24) is 19.3 Å². The van der Waals surface area contributed by atoms with Crippen LogP contribution in [0.15, 0.2) is 46.5 Å². The molecular weight excluding hydrogens is 374 g/mol. The van der Waals surface area contributed by atoms with Gasteiger partial charge in [-0.3, -0.25) is 9.59 Å². The van der Waals surface area contributed by atoms with Crippen LogP contribution >= 0.6 is 11.8 Å². The molecule has 3 aromatic rings. The SMILES string of the molecule is CCn1c(SCC(=O)Nc2cccc(C)c2C)nnc1-c1cccn(C)c1=O. The number of carbonyl (C=O) groups is 1. The average molecular weight is 398 g/mol. The third-order valence-corrected chi connectivity index (χ3v) is 5.58. The summed E-state index contributed by atoms with van der Waals surface area (Å²) in [5.41, 5.74) is 3.36. The maximum atomic E-state index is 12.4. The number of thioether (sulfide) groups is 1. The van der Waals surface area contributed by atoms with Crippen LogP contribution in [0.4, 0.5) is 5.69 Å². The maximum Gasteiger partial charge on any atom is 0.261 e. The maximum absolute atomic E-state index is 12.4. The van der Waals surface area contributed by atoms with Crippen LogP contribution in [0.3, 0.4) is 0 Å². The Morgan fingerprint density at radius 2 is 1.96 bits per heavy atom. The van der Waals surface area contributed by atoms with Gasteiger partial charge in [-0.2, -0.15) is 0 Å². The molecule has 0 atom stereocenters. The minimum atomic E-state index is -0.131. The van der Waals surface area contributed by atoms with Gasteiger partial charge >= 0.3 is 0 Å². The zero-order chi connectivity index (χ0) is 20.3. The van der Waals surface area contributed by atoms with E-state index in [9.17, 15) is 9.59 Å². The van der Waals surface area contributed by atoms with E-state index in [1.165, 1.54) is 16.3 Å². The number of hydrogen-bond acceptors (Lipinski definition) is 5. The molecule has 0 radical (unpaired) electrons. The molecule has 0 unspecified atom stereocenters. The Balaban J connectivity index is 1.76. The summed E-state index contributed by atoms with van der Waals surface area (Å²) in [4.78, 5) is 24.8. The summed E-state index contributed by atoms with van der Waals surface area (Å²) in [7, 11) is 1.70. The zero-order valence-corrected chi connectivity index (χ0v) is 17.2. The Morgan fingerprint density at radius 1 is 1.18 bits per heavy atom. The molecule has 7 nitrogen and oxygen atoms in total. The van der Waals surface area contributed by atoms with Crippen molar-refractivity contribution < 1.29 is 4.79 Å². The molecule has 2 heterocycles. The fourth-order valence-corrected chi connectivity index (χ4v) is 3.65. The highest BCUT2D eigenvalue weighted by Crippen LogP contribution is 2.23. The van der Waals surface area contributed by atoms with Crippen molar-refractivity contribution in [2.75, 3.05) is 11.1 Å². The fraction of sp³-hybridized carbons (Fsp3) is 0.300. The van der Waals surface area contributed by atoms with Crippen molar-refractivity contribution in [1.29, 1.82) is 0 Å². The smallest absolute Gasteiger partial charge is 0.261 e. The van der Waals surface area contributed by atoms with Gasteiger partial charge in [0.1, 0.15) is 0 Å². The summed E-state index contributed by atoms with van der Waals surface area (Å²) >= 11 is 1.30. The predicted molar refractivity (Wildman–Crippen MR) is 112 cm³/mol. The van der Waals surface area contributed by atoms with Crippen LogP contribution in [0.1, 0.15) is 18.1 Å². The second-order valence-corrected chi connectivity index (χ2v) is 7.42. The van der Waals surface area contributed by atoms with Crippen LogP contribution in [-0.2, 0) is 18.4 Å². The molecule has 3 rings (SSSR count). The van der Waals surface area contributed by atoms with Crippen LogP contribution < -0.4 is 10.9 Å². The van der Waals surface area contributed by atoms with Gasteiger partial charge in [0, 0.05) is 25.5 Å². The quantitative estimate of drug-likeness (QED) is 0.647. The van der Waals surface area contributed by atoms with E-state index >= 15 is 0 Å². The van der Waals surface area contributed by atoms with Crippen molar-refractivity contribution in [3.05, 3.63) is 58.0 Å². The van der Waals surface area contributed by atoms with Crippen LogP contribution in [0, 0.1) is 13.8 Å². The van der Waals surface area contributed by atoms with Crippen molar-refractivity contribution in [2.24, 2.45) is 7.05 Å². The van der Waals surface area contributed by atoms with Crippen LogP contribution in [0.5, 0.6) is 0 Å². The van der Waals surface area contributed by atoms with Crippen molar-refractivity contribution in [3.63, 3.8) is 0 Å². The van der Waals surface area contributed by atoms with E-state index in [2.05, 4.69) is 15.5 Å². The lowest BCUT2D eigenvalue weighted by Crippen LogP contribution is -2.19. The van der Waals surface area contributed by atoms with Gasteiger partial charge in [-0.15, -0.1) is 10.2 Å². The number of pyridine rings is 1. The first-order valence-electron chi connectivity index (χ1n) is 9.00. The summed E-state index contributed by atoms with van der Waals surface area (Å²) in [5.74, 6) is 0.612. The Morgan fingerprint density at radius 3 is 2.71 bits per heavy atom. The Kier molecular flexibility index (Phi) is 5.99. The second kappa shape index (κ2) is 8.43. The minimum Gasteiger partial charge on any atom is -0.325 e. The third kappa shape index (κ3) is 4.01. The first-order valence-corrected chi connectivity index (χ1v) is 9.99. The molecule has 1 aromatic carbocycles. The number of rotatable bonds is 6. The standard InChI is InChI=1S/C20H23N5O2S/c1-5-25-18(15-9-7-11-24(4)19(15)27)22-23-20(25)28-12-17(26)21-16-10-6-8-13(2)14(16)3/h6-11H,5,12H2,1-4H3,(H,21,26). The highest BCUT2D eigenvalue weighted by molar-refractivity contribution is 7.99. The molecule has 0 saturated carbocycles. The van der Waals surface area contributed by atoms with Gasteiger partial charge < -0.3 is 14.5 Å². The van der Waals surface area contributed by atoms with Gasteiger partial charge in [-0.25, -0.2) is 0 Å². The predicted octanol–water partition coefficient (Wildman–Crippen LogP) is 3.01. The van der Waals surface area contributed by atoms with E-state index in [-0.39, 0.29) is 17.2 Å². The number of nitrogens with one attached hydrogen (secondary N) is 1. The first kappa shape index (κ1) is 19.9. The van der Waals surface area contributed by atoms with Crippen molar-refractivity contribution in [3.8, 4) is 11.4 Å². The van der Waals surface area contributed by atoms with E-state index in [1.807, 2.05) is 43.5 Å². The molecule has 1 amide bonds. The van der Waals surface area contributed by atoms with Gasteiger partial charge in [0.2, 0.25) is 5.91 Å². The minimum absolute atomic E-state index is 0.110. The molecule has 8 heteroatoms. The molecule has 0 aliphatic carbocycles. The zero-order valence-electron chi connectivity index (χ0n) is 16.4. The van der Waals surface area contributed by atoms with Crippen molar-refractivity contribution >= 4 is 23.4 Å². The molecule has 0 aliphatic rings. The second-order valence-electron chi connectivity index (χ2n) is 6.47. The van der Waals surface area contributed by atoms with E-state index in [0.29, 0.717) is 23.1 Å². The van der Waals surface area contributed by atoms with E-state index in [1.54, 1.807) is 25.4 Å². The Hall–Kier alpha value is -2.87. The highest BCUT2D eigenvalue weighted by Gasteiger charge is 2.17. The molecule has 0 fully saturated rings. The van der Waals surface area contributed by atoms with Gasteiger partial charge in [0.05, 0.1) is 11.3 Å². The topological polar surface area (TPSA) is 81.8 Å². The normalized spacial score (nSPS) is 10.9. The highest BCUT2D eigenvalue weighted by atomic mass is 32.2. The lowest BCUT2D eigenvalue weighted by molar-refractivity contribution is -0.113. The summed E-state index contributed by atoms with van der Waals surface area (Å²) in [6.07, 6.45) is 1.70. The number of hydrogen-bond donors (Lipinski definition) is 1. The lowest BCUT2D eigenvalue weighted by Gasteiger charge is -2.10. The summed E-state index contributed by atoms with van der Waals surface area (Å²) in [5, 5.41) is 11.9. The molecule has 28 heavy (non-hydrogen) atoms. The molecule has 0 spiro atoms. The van der Waals surface area contributed by atoms with Gasteiger partial charge in [-0.05, 0) is 50.1 Å². The number of aromatic nitrogens is 4. The monoisotopic (exact) mass is 397 g/mol. The number of nitrogens with zero attached hydrogens (tertiary/aromatic N) is 4. The summed E-state index contributed by atoms with van der Waals surface area (Å²) < 4.78 is 3.36. The van der Waals surface area contributed by atoms with Crippen molar-refractivity contribution in [2.45, 2.75) is 32.5 Å². The lowest BCUT2D eigenvalue weighted by atomic mass is 10.1. The average Bonchev–Trinajstić information content (AvgIpc) is 3.08. The van der Waals surface area contributed by atoms with E-state index in [0.717, 1.165) is 16.8 Å². The summed E-state index contributed by atoms with van der Waals surface area (Å²) in [6, 6.07) is 9.36. The number of benzene rings is 1. The van der Waals surface area contributed by atoms with E-state index in [4.69, 9.17) is 0 Å². The number of aryl methyl sites for hydroxylation is 2. The fourth-order valence-electron chi connectivity index (χ4n) is 2.85. The summed E-state index contributed by atoms with van der Waals surface area (Å²) in [6.45, 7) is 6.55. The van der Waals surface area contributed by atoms with Gasteiger partial charge in [0.25, 0.3) is 5.56 Å². The molecule has 0 aliphatic heterocycles. The van der Waals surface area contributed by atoms with Gasteiger partial charge in [0.15, 0.2) is 11.0 Å². The van der Waals surface area contributed by atoms with Crippen LogP contribution in [0.2, 0.25) is 0 Å². The first-order chi connectivity index (χ1) is 13.4. The molecule has 2 aromatic heterocycles. The van der Waals surface area contributed by atoms with Gasteiger partial charge in [-0.1, -0.05) is 23.9 Å². The molecule has 0 bridgehead atoms. The number of anilines is 1. The molecule has 1 N–H and O–H groups in total. The van der Waals surface area contributed by atoms with E-state index < -0.39 is 0 Å². The molecule has 146 valence electrons. The Bertz CT molecular complexity index is 1070. The van der Waals surface area contributed by atoms with Crippen LogP contribution in [-0.4, -0.2) is 31.0 Å². The Labute approximate surface area is 167 Å².